The van der Waals surface area contributed by atoms with Crippen LogP contribution < -0.4 is 11.1 Å². The van der Waals surface area contributed by atoms with Crippen LogP contribution in [-0.4, -0.2) is 23.2 Å². The minimum absolute atomic E-state index is 0.0609. The standard InChI is InChI=1S/C14H19FN2O2/c15-11-3-1-2-4-12(11)17-13(19)10-5-7-14(16,9-18)8-6-10/h1-4,10,18H,5-9,16H2,(H,17,19). The van der Waals surface area contributed by atoms with Crippen LogP contribution >= 0.6 is 0 Å². The van der Waals surface area contributed by atoms with Crippen molar-refractivity contribution in [3.8, 4) is 0 Å². The van der Waals surface area contributed by atoms with E-state index in [0.29, 0.717) is 25.7 Å². The van der Waals surface area contributed by atoms with Crippen LogP contribution in [0, 0.1) is 11.7 Å². The van der Waals surface area contributed by atoms with Crippen molar-refractivity contribution in [1.82, 2.24) is 0 Å². The number of aliphatic hydroxyl groups is 1. The van der Waals surface area contributed by atoms with Gasteiger partial charge in [-0.15, -0.1) is 0 Å². The van der Waals surface area contributed by atoms with Crippen LogP contribution in [0.2, 0.25) is 0 Å². The maximum atomic E-state index is 13.4. The summed E-state index contributed by atoms with van der Waals surface area (Å²) in [5, 5.41) is 11.8. The molecule has 2 rings (SSSR count). The van der Waals surface area contributed by atoms with Gasteiger partial charge in [-0.1, -0.05) is 12.1 Å². The predicted molar refractivity (Wildman–Crippen MR) is 71.0 cm³/mol. The summed E-state index contributed by atoms with van der Waals surface area (Å²) in [5.74, 6) is -0.775. The van der Waals surface area contributed by atoms with Crippen LogP contribution in [0.5, 0.6) is 0 Å². The Morgan fingerprint density at radius 1 is 1.42 bits per heavy atom. The molecular weight excluding hydrogens is 247 g/mol. The summed E-state index contributed by atoms with van der Waals surface area (Å²) in [6, 6.07) is 6.11. The molecule has 1 saturated carbocycles. The van der Waals surface area contributed by atoms with E-state index in [9.17, 15) is 14.3 Å². The molecule has 1 fully saturated rings. The van der Waals surface area contributed by atoms with E-state index in [2.05, 4.69) is 5.32 Å². The molecule has 1 amide bonds. The highest BCUT2D eigenvalue weighted by molar-refractivity contribution is 5.92. The number of hydrogen-bond donors (Lipinski definition) is 3. The summed E-state index contributed by atoms with van der Waals surface area (Å²) in [5.41, 5.74) is 5.60. The zero-order valence-corrected chi connectivity index (χ0v) is 10.7. The Kier molecular flexibility index (Phi) is 4.17. The maximum Gasteiger partial charge on any atom is 0.227 e. The van der Waals surface area contributed by atoms with Gasteiger partial charge < -0.3 is 16.2 Å². The van der Waals surface area contributed by atoms with Gasteiger partial charge in [0.15, 0.2) is 0 Å². The van der Waals surface area contributed by atoms with Gasteiger partial charge in [0.05, 0.1) is 12.3 Å². The molecule has 4 N–H and O–H groups in total. The third kappa shape index (κ3) is 3.30. The Morgan fingerprint density at radius 2 is 2.05 bits per heavy atom. The zero-order valence-electron chi connectivity index (χ0n) is 10.7. The Bertz CT molecular complexity index is 457. The zero-order chi connectivity index (χ0) is 13.9. The number of rotatable bonds is 3. The van der Waals surface area contributed by atoms with Crippen molar-refractivity contribution in [3.63, 3.8) is 0 Å². The van der Waals surface area contributed by atoms with Gasteiger partial charge in [-0.3, -0.25) is 4.79 Å². The van der Waals surface area contributed by atoms with Crippen molar-refractivity contribution < 1.29 is 14.3 Å². The van der Waals surface area contributed by atoms with Crippen molar-refractivity contribution in [2.24, 2.45) is 11.7 Å². The maximum absolute atomic E-state index is 13.4. The van der Waals surface area contributed by atoms with Gasteiger partial charge >= 0.3 is 0 Å². The molecule has 0 aliphatic heterocycles. The number of carbonyl (C=O) groups excluding carboxylic acids is 1. The minimum atomic E-state index is -0.561. The van der Waals surface area contributed by atoms with E-state index in [1.54, 1.807) is 12.1 Å². The van der Waals surface area contributed by atoms with Crippen LogP contribution in [0.1, 0.15) is 25.7 Å². The highest BCUT2D eigenvalue weighted by atomic mass is 19.1. The fourth-order valence-corrected chi connectivity index (χ4v) is 2.41. The number of halogens is 1. The summed E-state index contributed by atoms with van der Waals surface area (Å²) in [4.78, 5) is 12.0. The monoisotopic (exact) mass is 266 g/mol. The molecule has 0 bridgehead atoms. The molecule has 0 saturated heterocycles. The third-order valence-corrected chi connectivity index (χ3v) is 3.80. The number of nitrogens with two attached hydrogens (primary N) is 1. The first kappa shape index (κ1) is 14.0. The lowest BCUT2D eigenvalue weighted by Crippen LogP contribution is -2.47. The predicted octanol–water partition coefficient (Wildman–Crippen LogP) is 1.64. The average molecular weight is 266 g/mol. The SMILES string of the molecule is NC1(CO)CCC(C(=O)Nc2ccccc2F)CC1. The summed E-state index contributed by atoms with van der Waals surface area (Å²) in [7, 11) is 0. The first-order valence-electron chi connectivity index (χ1n) is 6.49. The van der Waals surface area contributed by atoms with E-state index in [1.165, 1.54) is 12.1 Å². The van der Waals surface area contributed by atoms with Gasteiger partial charge in [-0.2, -0.15) is 0 Å². The van der Waals surface area contributed by atoms with Crippen molar-refractivity contribution in [2.45, 2.75) is 31.2 Å². The van der Waals surface area contributed by atoms with Gasteiger partial charge in [0.2, 0.25) is 5.91 Å². The lowest BCUT2D eigenvalue weighted by molar-refractivity contribution is -0.121. The lowest BCUT2D eigenvalue weighted by atomic mass is 9.77. The van der Waals surface area contributed by atoms with E-state index in [4.69, 9.17) is 5.73 Å². The van der Waals surface area contributed by atoms with E-state index in [0.717, 1.165) is 0 Å². The normalized spacial score (nSPS) is 27.0. The van der Waals surface area contributed by atoms with E-state index >= 15 is 0 Å². The van der Waals surface area contributed by atoms with Crippen molar-refractivity contribution in [1.29, 1.82) is 0 Å². The van der Waals surface area contributed by atoms with Crippen molar-refractivity contribution in [3.05, 3.63) is 30.1 Å². The van der Waals surface area contributed by atoms with E-state index in [-0.39, 0.29) is 24.1 Å². The Morgan fingerprint density at radius 3 is 2.63 bits per heavy atom. The molecule has 4 nitrogen and oxygen atoms in total. The third-order valence-electron chi connectivity index (χ3n) is 3.80. The summed E-state index contributed by atoms with van der Waals surface area (Å²) < 4.78 is 13.4. The number of benzene rings is 1. The summed E-state index contributed by atoms with van der Waals surface area (Å²) in [6.07, 6.45) is 2.46. The Hall–Kier alpha value is -1.46. The lowest BCUT2D eigenvalue weighted by Gasteiger charge is -2.35. The van der Waals surface area contributed by atoms with Gasteiger partial charge in [-0.05, 0) is 37.8 Å². The van der Waals surface area contributed by atoms with Gasteiger partial charge in [0.1, 0.15) is 5.82 Å². The quantitative estimate of drug-likeness (QED) is 0.778. The van der Waals surface area contributed by atoms with Crippen LogP contribution in [0.25, 0.3) is 0 Å². The number of anilines is 1. The van der Waals surface area contributed by atoms with Crippen LogP contribution in [0.15, 0.2) is 24.3 Å². The number of carbonyl (C=O) groups is 1. The molecular formula is C14H19FN2O2. The van der Waals surface area contributed by atoms with E-state index in [1.807, 2.05) is 0 Å². The molecule has 0 heterocycles. The first-order chi connectivity index (χ1) is 9.04. The molecule has 0 unspecified atom stereocenters. The van der Waals surface area contributed by atoms with Crippen LogP contribution in [0.3, 0.4) is 0 Å². The largest absolute Gasteiger partial charge is 0.394 e. The highest BCUT2D eigenvalue weighted by Gasteiger charge is 2.34. The summed E-state index contributed by atoms with van der Waals surface area (Å²) >= 11 is 0. The van der Waals surface area contributed by atoms with Gasteiger partial charge in [-0.25, -0.2) is 4.39 Å². The number of aliphatic hydroxyl groups excluding tert-OH is 1. The number of hydrogen-bond acceptors (Lipinski definition) is 3. The molecule has 1 aliphatic rings. The average Bonchev–Trinajstić information content (AvgIpc) is 2.42. The molecule has 0 aromatic heterocycles. The minimum Gasteiger partial charge on any atom is -0.394 e. The number of amides is 1. The van der Waals surface area contributed by atoms with Gasteiger partial charge in [0, 0.05) is 11.5 Å². The molecule has 5 heteroatoms. The van der Waals surface area contributed by atoms with Crippen LogP contribution in [0.4, 0.5) is 10.1 Å². The Balaban J connectivity index is 1.94. The topological polar surface area (TPSA) is 75.3 Å². The first-order valence-corrected chi connectivity index (χ1v) is 6.49. The molecule has 0 spiro atoms. The smallest absolute Gasteiger partial charge is 0.227 e. The molecule has 0 radical (unpaired) electrons. The summed E-state index contributed by atoms with van der Waals surface area (Å²) in [6.45, 7) is -0.0609. The van der Waals surface area contributed by atoms with Crippen molar-refractivity contribution in [2.75, 3.05) is 11.9 Å². The second-order valence-corrected chi connectivity index (χ2v) is 5.26. The van der Waals surface area contributed by atoms with Crippen LogP contribution in [-0.2, 0) is 4.79 Å². The van der Waals surface area contributed by atoms with Gasteiger partial charge in [0.25, 0.3) is 0 Å². The molecule has 1 aliphatic carbocycles. The molecule has 104 valence electrons. The fourth-order valence-electron chi connectivity index (χ4n) is 2.41. The highest BCUT2D eigenvalue weighted by Crippen LogP contribution is 2.31. The second kappa shape index (κ2) is 5.67. The van der Waals surface area contributed by atoms with Crippen molar-refractivity contribution >= 4 is 11.6 Å². The van der Waals surface area contributed by atoms with E-state index < -0.39 is 11.4 Å². The Labute approximate surface area is 111 Å². The fraction of sp³-hybridized carbons (Fsp3) is 0.500. The molecule has 0 atom stereocenters. The second-order valence-electron chi connectivity index (χ2n) is 5.26. The molecule has 19 heavy (non-hydrogen) atoms. The molecule has 1 aromatic rings. The number of para-hydroxylation sites is 1. The number of nitrogens with one attached hydrogen (secondary N) is 1. The molecule has 1 aromatic carbocycles.